The van der Waals surface area contributed by atoms with Gasteiger partial charge in [0.25, 0.3) is 0 Å². The van der Waals surface area contributed by atoms with Crippen molar-refractivity contribution in [2.75, 3.05) is 6.54 Å². The Morgan fingerprint density at radius 1 is 1.48 bits per heavy atom. The van der Waals surface area contributed by atoms with Crippen LogP contribution in [0.25, 0.3) is 0 Å². The van der Waals surface area contributed by atoms with E-state index in [1.807, 2.05) is 0 Å². The van der Waals surface area contributed by atoms with E-state index >= 15 is 0 Å². The number of hydrogen-bond acceptors (Lipinski definition) is 5. The van der Waals surface area contributed by atoms with Crippen molar-refractivity contribution in [1.29, 1.82) is 0 Å². The third-order valence-electron chi connectivity index (χ3n) is 3.04. The normalized spacial score (nSPS) is 21.3. The van der Waals surface area contributed by atoms with Crippen LogP contribution in [-0.2, 0) is 14.3 Å². The van der Waals surface area contributed by atoms with Crippen LogP contribution < -0.4 is 10.6 Å². The lowest BCUT2D eigenvalue weighted by Crippen LogP contribution is -2.49. The number of nitrogens with one attached hydrogen (secondary N) is 2. The Labute approximate surface area is 122 Å². The average Bonchev–Trinajstić information content (AvgIpc) is 2.70. The molecule has 1 rings (SSSR count). The Bertz CT molecular complexity index is 417. The molecule has 1 aliphatic heterocycles. The number of aliphatic hydroxyl groups excluding tert-OH is 1. The summed E-state index contributed by atoms with van der Waals surface area (Å²) < 4.78 is 5.03. The number of aliphatic carboxylic acids is 1. The average molecular weight is 302 g/mol. The monoisotopic (exact) mass is 302 g/mol. The number of rotatable bonds is 5. The summed E-state index contributed by atoms with van der Waals surface area (Å²) in [4.78, 5) is 34.2. The van der Waals surface area contributed by atoms with Crippen molar-refractivity contribution >= 4 is 18.0 Å². The van der Waals surface area contributed by atoms with Crippen molar-refractivity contribution in [3.05, 3.63) is 0 Å². The molecule has 2 amide bonds. The van der Waals surface area contributed by atoms with E-state index in [1.165, 1.54) is 0 Å². The van der Waals surface area contributed by atoms with Crippen LogP contribution in [0.2, 0.25) is 0 Å². The molecular weight excluding hydrogens is 280 g/mol. The summed E-state index contributed by atoms with van der Waals surface area (Å²) in [5.41, 5.74) is -0.743. The van der Waals surface area contributed by atoms with E-state index in [0.29, 0.717) is 13.0 Å². The number of alkyl carbamates (subject to hydrolysis) is 1. The molecule has 1 heterocycles. The maximum Gasteiger partial charge on any atom is 0.407 e. The van der Waals surface area contributed by atoms with Gasteiger partial charge in [-0.3, -0.25) is 4.79 Å². The second kappa shape index (κ2) is 6.75. The van der Waals surface area contributed by atoms with Gasteiger partial charge >= 0.3 is 12.1 Å². The molecule has 0 radical (unpaired) electrons. The highest BCUT2D eigenvalue weighted by atomic mass is 16.6. The highest BCUT2D eigenvalue weighted by molar-refractivity contribution is 5.81. The summed E-state index contributed by atoms with van der Waals surface area (Å²) in [6.07, 6.45) is -2.05. The van der Waals surface area contributed by atoms with Crippen molar-refractivity contribution in [2.24, 2.45) is 5.92 Å². The SMILES string of the molecule is CC(C)(C)OC(=O)N[C@@H](C[C@@H]1CCNC1=O)C(O)C(=O)O. The molecule has 1 unspecified atom stereocenters. The molecule has 1 fully saturated rings. The molecule has 0 aromatic carbocycles. The van der Waals surface area contributed by atoms with Gasteiger partial charge in [-0.1, -0.05) is 0 Å². The molecule has 0 aromatic heterocycles. The molecule has 8 heteroatoms. The highest BCUT2D eigenvalue weighted by Crippen LogP contribution is 2.18. The van der Waals surface area contributed by atoms with Gasteiger partial charge in [0.2, 0.25) is 5.91 Å². The second-order valence-corrected chi connectivity index (χ2v) is 6.05. The quantitative estimate of drug-likeness (QED) is 0.560. The van der Waals surface area contributed by atoms with E-state index in [2.05, 4.69) is 10.6 Å². The lowest BCUT2D eigenvalue weighted by Gasteiger charge is -2.26. The number of carbonyl (C=O) groups is 3. The number of hydrogen-bond donors (Lipinski definition) is 4. The summed E-state index contributed by atoms with van der Waals surface area (Å²) in [6, 6.07) is -1.09. The Hall–Kier alpha value is -1.83. The van der Waals surface area contributed by atoms with E-state index < -0.39 is 35.7 Å². The van der Waals surface area contributed by atoms with Crippen LogP contribution in [0.3, 0.4) is 0 Å². The molecule has 0 aliphatic carbocycles. The topological polar surface area (TPSA) is 125 Å². The maximum atomic E-state index is 11.7. The van der Waals surface area contributed by atoms with Crippen LogP contribution in [0.15, 0.2) is 0 Å². The number of carboxylic acid groups (broad SMARTS) is 1. The molecular formula is C13H22N2O6. The van der Waals surface area contributed by atoms with Gasteiger partial charge in [-0.2, -0.15) is 0 Å². The van der Waals surface area contributed by atoms with Crippen molar-refractivity contribution in [2.45, 2.75) is 51.4 Å². The minimum Gasteiger partial charge on any atom is -0.479 e. The minimum atomic E-state index is -1.80. The molecule has 8 nitrogen and oxygen atoms in total. The molecule has 1 saturated heterocycles. The number of amides is 2. The Kier molecular flexibility index (Phi) is 5.54. The van der Waals surface area contributed by atoms with Gasteiger partial charge in [0, 0.05) is 12.5 Å². The van der Waals surface area contributed by atoms with Gasteiger partial charge in [-0.05, 0) is 33.6 Å². The standard InChI is InChI=1S/C13H22N2O6/c1-13(2,3)21-12(20)15-8(9(16)11(18)19)6-7-4-5-14-10(7)17/h7-9,16H,4-6H2,1-3H3,(H,14,17)(H,15,20)(H,18,19)/t7-,8-,9?/m0/s1. The Morgan fingerprint density at radius 2 is 2.10 bits per heavy atom. The molecule has 0 spiro atoms. The molecule has 0 aromatic rings. The number of carbonyl (C=O) groups excluding carboxylic acids is 2. The summed E-state index contributed by atoms with van der Waals surface area (Å²) >= 11 is 0. The fourth-order valence-corrected chi connectivity index (χ4v) is 2.07. The van der Waals surface area contributed by atoms with E-state index in [0.717, 1.165) is 0 Å². The molecule has 1 aliphatic rings. The molecule has 0 bridgehead atoms. The first-order chi connectivity index (χ1) is 9.60. The first-order valence-electron chi connectivity index (χ1n) is 6.78. The maximum absolute atomic E-state index is 11.7. The van der Waals surface area contributed by atoms with E-state index in [-0.39, 0.29) is 12.3 Å². The lowest BCUT2D eigenvalue weighted by atomic mass is 9.95. The van der Waals surface area contributed by atoms with Gasteiger partial charge in [-0.15, -0.1) is 0 Å². The van der Waals surface area contributed by atoms with E-state index in [1.54, 1.807) is 20.8 Å². The van der Waals surface area contributed by atoms with Gasteiger partial charge in [0.15, 0.2) is 6.10 Å². The zero-order chi connectivity index (χ0) is 16.2. The van der Waals surface area contributed by atoms with Crippen molar-refractivity contribution in [3.63, 3.8) is 0 Å². The summed E-state index contributed by atoms with van der Waals surface area (Å²) in [5.74, 6) is -2.10. The summed E-state index contributed by atoms with van der Waals surface area (Å²) in [6.45, 7) is 5.50. The fourth-order valence-electron chi connectivity index (χ4n) is 2.07. The largest absolute Gasteiger partial charge is 0.479 e. The van der Waals surface area contributed by atoms with Crippen LogP contribution in [-0.4, -0.2) is 52.5 Å². The smallest absolute Gasteiger partial charge is 0.407 e. The van der Waals surface area contributed by atoms with Crippen LogP contribution in [0.5, 0.6) is 0 Å². The number of aliphatic hydroxyl groups is 1. The fraction of sp³-hybridized carbons (Fsp3) is 0.769. The third-order valence-corrected chi connectivity index (χ3v) is 3.04. The Balaban J connectivity index is 2.70. The van der Waals surface area contributed by atoms with E-state index in [4.69, 9.17) is 9.84 Å². The molecule has 21 heavy (non-hydrogen) atoms. The van der Waals surface area contributed by atoms with Crippen molar-refractivity contribution in [3.8, 4) is 0 Å². The second-order valence-electron chi connectivity index (χ2n) is 6.05. The highest BCUT2D eigenvalue weighted by Gasteiger charge is 2.35. The van der Waals surface area contributed by atoms with Crippen LogP contribution >= 0.6 is 0 Å². The van der Waals surface area contributed by atoms with Gasteiger partial charge in [0.05, 0.1) is 6.04 Å². The summed E-state index contributed by atoms with van der Waals surface area (Å²) in [7, 11) is 0. The number of ether oxygens (including phenoxy) is 1. The number of carboxylic acids is 1. The van der Waals surface area contributed by atoms with E-state index in [9.17, 15) is 19.5 Å². The summed E-state index contributed by atoms with van der Waals surface area (Å²) in [5, 5.41) is 23.5. The predicted octanol–water partition coefficient (Wildman–Crippen LogP) is -0.149. The third kappa shape index (κ3) is 5.58. The van der Waals surface area contributed by atoms with Crippen molar-refractivity contribution in [1.82, 2.24) is 10.6 Å². The van der Waals surface area contributed by atoms with Crippen LogP contribution in [0.1, 0.15) is 33.6 Å². The van der Waals surface area contributed by atoms with Gasteiger partial charge in [-0.25, -0.2) is 9.59 Å². The molecule has 0 saturated carbocycles. The van der Waals surface area contributed by atoms with Gasteiger partial charge in [0.1, 0.15) is 5.60 Å². The molecule has 3 atom stereocenters. The van der Waals surface area contributed by atoms with Crippen molar-refractivity contribution < 1.29 is 29.3 Å². The molecule has 4 N–H and O–H groups in total. The zero-order valence-electron chi connectivity index (χ0n) is 12.4. The molecule has 120 valence electrons. The minimum absolute atomic E-state index is 0.0402. The zero-order valence-corrected chi connectivity index (χ0v) is 12.4. The van der Waals surface area contributed by atoms with Gasteiger partial charge < -0.3 is 25.6 Å². The predicted molar refractivity (Wildman–Crippen MR) is 72.5 cm³/mol. The first-order valence-corrected chi connectivity index (χ1v) is 6.78. The lowest BCUT2D eigenvalue weighted by molar-refractivity contribution is -0.148. The van der Waals surface area contributed by atoms with Crippen LogP contribution in [0.4, 0.5) is 4.79 Å². The van der Waals surface area contributed by atoms with Crippen LogP contribution in [0, 0.1) is 5.92 Å². The Morgan fingerprint density at radius 3 is 2.52 bits per heavy atom. The first kappa shape index (κ1) is 17.2.